The molecular formula is C18H27N4O2+. The van der Waals surface area contributed by atoms with Crippen LogP contribution in [0.2, 0.25) is 0 Å². The Morgan fingerprint density at radius 3 is 2.54 bits per heavy atom. The van der Waals surface area contributed by atoms with Gasteiger partial charge in [-0.2, -0.15) is 0 Å². The van der Waals surface area contributed by atoms with Gasteiger partial charge in [-0.25, -0.2) is 4.79 Å². The zero-order valence-electron chi connectivity index (χ0n) is 14.2. The molecule has 1 saturated carbocycles. The molecule has 0 unspecified atom stereocenters. The number of aromatic amines is 2. The molecule has 0 radical (unpaired) electrons. The highest BCUT2D eigenvalue weighted by Gasteiger charge is 2.22. The average molecular weight is 331 g/mol. The van der Waals surface area contributed by atoms with E-state index < -0.39 is 0 Å². The van der Waals surface area contributed by atoms with E-state index in [1.807, 2.05) is 13.0 Å². The van der Waals surface area contributed by atoms with Gasteiger partial charge in [0.1, 0.15) is 0 Å². The molecule has 1 atom stereocenters. The van der Waals surface area contributed by atoms with Crippen LogP contribution in [-0.2, 0) is 4.79 Å². The number of fused-ring (bicyclic) bond motifs is 1. The summed E-state index contributed by atoms with van der Waals surface area (Å²) in [4.78, 5) is 29.2. The Morgan fingerprint density at radius 1 is 1.12 bits per heavy atom. The number of benzene rings is 1. The second kappa shape index (κ2) is 7.66. The number of carbonyl (C=O) groups excluding carboxylic acids is 1. The summed E-state index contributed by atoms with van der Waals surface area (Å²) in [5.41, 5.74) is 1.92. The van der Waals surface area contributed by atoms with E-state index in [9.17, 15) is 9.59 Å². The number of amides is 1. The Bertz CT molecular complexity index is 741. The van der Waals surface area contributed by atoms with Crippen LogP contribution in [0, 0.1) is 0 Å². The number of carbonyl (C=O) groups is 1. The van der Waals surface area contributed by atoms with E-state index in [-0.39, 0.29) is 17.6 Å². The molecule has 0 saturated heterocycles. The first-order chi connectivity index (χ1) is 11.6. The van der Waals surface area contributed by atoms with Crippen LogP contribution < -0.4 is 16.3 Å². The van der Waals surface area contributed by atoms with Crippen molar-refractivity contribution in [1.29, 1.82) is 0 Å². The lowest BCUT2D eigenvalue weighted by Gasteiger charge is -2.21. The molecule has 6 heteroatoms. The van der Waals surface area contributed by atoms with Gasteiger partial charge < -0.3 is 20.6 Å². The standard InChI is InChI=1S/C18H26N4O2/c1-12(19-13-7-5-3-2-4-6-8-13)17(23)20-14-9-10-15-16(11-14)22-18(24)21-15/h9-13,19H,2-8H2,1H3,(H,20,23)(H2,21,22,24)/p+1/t12-/m1/s1. The zero-order chi connectivity index (χ0) is 16.9. The van der Waals surface area contributed by atoms with Gasteiger partial charge in [0.2, 0.25) is 0 Å². The number of aromatic nitrogens is 2. The second-order valence-electron chi connectivity index (χ2n) is 6.92. The second-order valence-corrected chi connectivity index (χ2v) is 6.92. The van der Waals surface area contributed by atoms with Crippen molar-refractivity contribution in [2.24, 2.45) is 0 Å². The van der Waals surface area contributed by atoms with Crippen molar-refractivity contribution in [1.82, 2.24) is 9.97 Å². The number of H-pyrrole nitrogens is 2. The maximum absolute atomic E-state index is 12.5. The molecule has 6 nitrogen and oxygen atoms in total. The molecule has 2 aromatic rings. The predicted octanol–water partition coefficient (Wildman–Crippen LogP) is 1.86. The summed E-state index contributed by atoms with van der Waals surface area (Å²) in [6.07, 6.45) is 8.94. The summed E-state index contributed by atoms with van der Waals surface area (Å²) >= 11 is 0. The van der Waals surface area contributed by atoms with E-state index in [0.717, 1.165) is 5.52 Å². The first kappa shape index (κ1) is 16.8. The molecule has 1 fully saturated rings. The lowest BCUT2D eigenvalue weighted by Crippen LogP contribution is -2.96. The van der Waals surface area contributed by atoms with Crippen molar-refractivity contribution < 1.29 is 10.1 Å². The van der Waals surface area contributed by atoms with Crippen LogP contribution in [0.1, 0.15) is 51.9 Å². The van der Waals surface area contributed by atoms with Crippen LogP contribution in [0.3, 0.4) is 0 Å². The fourth-order valence-corrected chi connectivity index (χ4v) is 3.54. The van der Waals surface area contributed by atoms with E-state index in [0.29, 0.717) is 17.2 Å². The molecule has 1 heterocycles. The quantitative estimate of drug-likeness (QED) is 0.688. The predicted molar refractivity (Wildman–Crippen MR) is 95.0 cm³/mol. The number of hydrogen-bond donors (Lipinski definition) is 4. The maximum atomic E-state index is 12.5. The molecule has 0 aliphatic heterocycles. The fraction of sp³-hybridized carbons (Fsp3) is 0.556. The van der Waals surface area contributed by atoms with Crippen molar-refractivity contribution >= 4 is 22.6 Å². The molecular weight excluding hydrogens is 304 g/mol. The van der Waals surface area contributed by atoms with Gasteiger partial charge in [0.25, 0.3) is 5.91 Å². The zero-order valence-corrected chi connectivity index (χ0v) is 14.2. The number of anilines is 1. The number of imidazole rings is 1. The largest absolute Gasteiger partial charge is 0.334 e. The summed E-state index contributed by atoms with van der Waals surface area (Å²) in [5.74, 6) is 0.00860. The molecule has 1 aliphatic rings. The topological polar surface area (TPSA) is 94.4 Å². The maximum Gasteiger partial charge on any atom is 0.323 e. The highest BCUT2D eigenvalue weighted by atomic mass is 16.2. The number of hydrogen-bond acceptors (Lipinski definition) is 2. The van der Waals surface area contributed by atoms with Crippen molar-refractivity contribution in [3.8, 4) is 0 Å². The molecule has 1 aromatic carbocycles. The highest BCUT2D eigenvalue weighted by Crippen LogP contribution is 2.16. The third-order valence-corrected chi connectivity index (χ3v) is 4.91. The molecule has 1 aliphatic carbocycles. The Balaban J connectivity index is 1.58. The van der Waals surface area contributed by atoms with Crippen LogP contribution in [0.5, 0.6) is 0 Å². The Kier molecular flexibility index (Phi) is 5.35. The Morgan fingerprint density at radius 2 is 1.79 bits per heavy atom. The summed E-state index contributed by atoms with van der Waals surface area (Å²) in [6.45, 7) is 1.96. The average Bonchev–Trinajstić information content (AvgIpc) is 2.89. The monoisotopic (exact) mass is 331 g/mol. The SMILES string of the molecule is C[C@@H]([NH2+]C1CCCCCCC1)C(=O)Nc1ccc2[nH]c(=O)[nH]c2c1. The first-order valence-corrected chi connectivity index (χ1v) is 9.00. The minimum Gasteiger partial charge on any atom is -0.334 e. The van der Waals surface area contributed by atoms with Gasteiger partial charge >= 0.3 is 5.69 Å². The Labute approximate surface area is 141 Å². The van der Waals surface area contributed by atoms with E-state index in [1.165, 1.54) is 44.9 Å². The molecule has 1 amide bonds. The molecule has 5 N–H and O–H groups in total. The minimum atomic E-state index is -0.237. The summed E-state index contributed by atoms with van der Waals surface area (Å²) < 4.78 is 0. The van der Waals surface area contributed by atoms with Crippen molar-refractivity contribution in [2.45, 2.75) is 64.0 Å². The van der Waals surface area contributed by atoms with Crippen LogP contribution in [0.15, 0.2) is 23.0 Å². The van der Waals surface area contributed by atoms with E-state index in [2.05, 4.69) is 20.6 Å². The number of nitrogens with one attached hydrogen (secondary N) is 3. The fourth-order valence-electron chi connectivity index (χ4n) is 3.54. The van der Waals surface area contributed by atoms with Crippen LogP contribution in [0.4, 0.5) is 5.69 Å². The van der Waals surface area contributed by atoms with E-state index >= 15 is 0 Å². The van der Waals surface area contributed by atoms with Crippen molar-refractivity contribution in [3.63, 3.8) is 0 Å². The third-order valence-electron chi connectivity index (χ3n) is 4.91. The Hall–Kier alpha value is -2.08. The van der Waals surface area contributed by atoms with Crippen LogP contribution in [-0.4, -0.2) is 28.0 Å². The van der Waals surface area contributed by atoms with Crippen LogP contribution >= 0.6 is 0 Å². The highest BCUT2D eigenvalue weighted by molar-refractivity contribution is 5.95. The van der Waals surface area contributed by atoms with Crippen molar-refractivity contribution in [3.05, 3.63) is 28.7 Å². The third kappa shape index (κ3) is 4.26. The minimum absolute atomic E-state index is 0.00860. The lowest BCUT2D eigenvalue weighted by molar-refractivity contribution is -0.707. The summed E-state index contributed by atoms with van der Waals surface area (Å²) in [6, 6.07) is 5.83. The van der Waals surface area contributed by atoms with Gasteiger partial charge in [0, 0.05) is 5.69 Å². The van der Waals surface area contributed by atoms with Gasteiger partial charge in [0.05, 0.1) is 17.1 Å². The van der Waals surface area contributed by atoms with Gasteiger partial charge in [-0.3, -0.25) is 4.79 Å². The van der Waals surface area contributed by atoms with Gasteiger partial charge in [-0.15, -0.1) is 0 Å². The smallest absolute Gasteiger partial charge is 0.323 e. The molecule has 0 bridgehead atoms. The molecule has 3 rings (SSSR count). The molecule has 1 aromatic heterocycles. The number of rotatable bonds is 4. The van der Waals surface area contributed by atoms with Gasteiger partial charge in [-0.1, -0.05) is 19.3 Å². The van der Waals surface area contributed by atoms with Crippen LogP contribution in [0.25, 0.3) is 11.0 Å². The normalized spacial score (nSPS) is 18.0. The van der Waals surface area contributed by atoms with E-state index in [4.69, 9.17) is 0 Å². The summed E-state index contributed by atoms with van der Waals surface area (Å²) in [5, 5.41) is 5.17. The molecule has 130 valence electrons. The van der Waals surface area contributed by atoms with Gasteiger partial charge in [-0.05, 0) is 50.8 Å². The molecule has 24 heavy (non-hydrogen) atoms. The van der Waals surface area contributed by atoms with E-state index in [1.54, 1.807) is 12.1 Å². The summed E-state index contributed by atoms with van der Waals surface area (Å²) in [7, 11) is 0. The number of quaternary nitrogens is 1. The lowest BCUT2D eigenvalue weighted by atomic mass is 9.96. The van der Waals surface area contributed by atoms with Gasteiger partial charge in [0.15, 0.2) is 6.04 Å². The van der Waals surface area contributed by atoms with Crippen molar-refractivity contribution in [2.75, 3.05) is 5.32 Å². The first-order valence-electron chi connectivity index (χ1n) is 9.00. The molecule has 0 spiro atoms. The number of nitrogens with two attached hydrogens (primary N) is 1.